The van der Waals surface area contributed by atoms with E-state index >= 15 is 0 Å². The van der Waals surface area contributed by atoms with E-state index in [0.29, 0.717) is 6.04 Å². The Bertz CT molecular complexity index is 391. The first-order chi connectivity index (χ1) is 9.78. The van der Waals surface area contributed by atoms with Crippen LogP contribution in [0.1, 0.15) is 57.4 Å². The third-order valence-corrected chi connectivity index (χ3v) is 4.52. The smallest absolute Gasteiger partial charge is 0.123 e. The molecule has 1 aromatic rings. The van der Waals surface area contributed by atoms with Gasteiger partial charge in [-0.1, -0.05) is 44.7 Å². The second-order valence-corrected chi connectivity index (χ2v) is 6.19. The van der Waals surface area contributed by atoms with Gasteiger partial charge < -0.3 is 5.32 Å². The second-order valence-electron chi connectivity index (χ2n) is 6.19. The van der Waals surface area contributed by atoms with E-state index in [1.54, 1.807) is 12.1 Å². The highest BCUT2D eigenvalue weighted by molar-refractivity contribution is 5.16. The first-order valence-corrected chi connectivity index (χ1v) is 8.25. The summed E-state index contributed by atoms with van der Waals surface area (Å²) in [7, 11) is 0. The predicted octanol–water partition coefficient (Wildman–Crippen LogP) is 4.71. The van der Waals surface area contributed by atoms with Gasteiger partial charge in [0, 0.05) is 6.04 Å². The van der Waals surface area contributed by atoms with Crippen molar-refractivity contribution < 1.29 is 4.39 Å². The minimum Gasteiger partial charge on any atom is -0.314 e. The highest BCUT2D eigenvalue weighted by atomic mass is 19.1. The number of rotatable bonds is 6. The molecule has 0 radical (unpaired) electrons. The fraction of sp³-hybridized carbons (Fsp3) is 0.667. The molecule has 1 N–H and O–H groups in total. The van der Waals surface area contributed by atoms with Crippen molar-refractivity contribution in [1.29, 1.82) is 0 Å². The van der Waals surface area contributed by atoms with Crippen LogP contribution in [0, 0.1) is 11.7 Å². The Morgan fingerprint density at radius 2 is 2.10 bits per heavy atom. The van der Waals surface area contributed by atoms with E-state index in [4.69, 9.17) is 0 Å². The summed E-state index contributed by atoms with van der Waals surface area (Å²) in [6.45, 7) is 3.26. The Hall–Kier alpha value is -0.890. The van der Waals surface area contributed by atoms with Gasteiger partial charge in [0.25, 0.3) is 0 Å². The van der Waals surface area contributed by atoms with Crippen molar-refractivity contribution in [3.8, 4) is 0 Å². The van der Waals surface area contributed by atoms with Gasteiger partial charge in [-0.05, 0) is 55.8 Å². The number of benzene rings is 1. The zero-order valence-corrected chi connectivity index (χ0v) is 12.7. The molecular formula is C18H28FN. The molecule has 2 rings (SSSR count). The summed E-state index contributed by atoms with van der Waals surface area (Å²) in [5.41, 5.74) is 1.09. The Balaban J connectivity index is 1.69. The summed E-state index contributed by atoms with van der Waals surface area (Å²) in [6.07, 6.45) is 10.4. The molecule has 2 heteroatoms. The zero-order chi connectivity index (χ0) is 14.2. The van der Waals surface area contributed by atoms with Crippen LogP contribution in [0.5, 0.6) is 0 Å². The van der Waals surface area contributed by atoms with Gasteiger partial charge in [-0.25, -0.2) is 4.39 Å². The molecule has 0 saturated heterocycles. The highest BCUT2D eigenvalue weighted by Crippen LogP contribution is 2.26. The van der Waals surface area contributed by atoms with Crippen LogP contribution in [0.3, 0.4) is 0 Å². The lowest BCUT2D eigenvalue weighted by atomic mass is 9.95. The molecule has 20 heavy (non-hydrogen) atoms. The molecule has 0 spiro atoms. The molecule has 0 aliphatic heterocycles. The summed E-state index contributed by atoms with van der Waals surface area (Å²) in [6, 6.07) is 7.63. The Kier molecular flexibility index (Phi) is 6.52. The molecule has 1 saturated carbocycles. The lowest BCUT2D eigenvalue weighted by Gasteiger charge is -2.17. The van der Waals surface area contributed by atoms with E-state index in [9.17, 15) is 4.39 Å². The number of nitrogens with one attached hydrogen (secondary N) is 1. The monoisotopic (exact) mass is 277 g/mol. The molecule has 2 unspecified atom stereocenters. The van der Waals surface area contributed by atoms with Crippen molar-refractivity contribution in [2.45, 2.75) is 64.3 Å². The molecule has 1 nitrogen and oxygen atoms in total. The summed E-state index contributed by atoms with van der Waals surface area (Å²) < 4.78 is 13.1. The minimum absolute atomic E-state index is 0.126. The molecule has 2 atom stereocenters. The van der Waals surface area contributed by atoms with Crippen LogP contribution in [0.4, 0.5) is 4.39 Å². The SMILES string of the molecule is CCCC1CCCC(NCCc2cccc(F)c2)CC1. The van der Waals surface area contributed by atoms with Gasteiger partial charge >= 0.3 is 0 Å². The van der Waals surface area contributed by atoms with Gasteiger partial charge in [0.05, 0.1) is 0 Å². The Labute approximate surface area is 123 Å². The van der Waals surface area contributed by atoms with Gasteiger partial charge in [0.2, 0.25) is 0 Å². The second kappa shape index (κ2) is 8.41. The molecule has 1 fully saturated rings. The van der Waals surface area contributed by atoms with Gasteiger partial charge in [0.15, 0.2) is 0 Å². The average molecular weight is 277 g/mol. The maximum absolute atomic E-state index is 13.1. The number of hydrogen-bond acceptors (Lipinski definition) is 1. The van der Waals surface area contributed by atoms with Crippen LogP contribution in [0.15, 0.2) is 24.3 Å². The number of halogens is 1. The largest absolute Gasteiger partial charge is 0.314 e. The first kappa shape index (κ1) is 15.5. The molecule has 1 aliphatic rings. The lowest BCUT2D eigenvalue weighted by molar-refractivity contribution is 0.410. The van der Waals surface area contributed by atoms with E-state index in [0.717, 1.165) is 24.4 Å². The van der Waals surface area contributed by atoms with Crippen molar-refractivity contribution in [3.05, 3.63) is 35.6 Å². The molecular weight excluding hydrogens is 249 g/mol. The summed E-state index contributed by atoms with van der Waals surface area (Å²) in [5.74, 6) is 0.828. The molecule has 1 aromatic carbocycles. The fourth-order valence-corrected chi connectivity index (χ4v) is 3.39. The van der Waals surface area contributed by atoms with E-state index in [2.05, 4.69) is 12.2 Å². The van der Waals surface area contributed by atoms with Crippen LogP contribution >= 0.6 is 0 Å². The van der Waals surface area contributed by atoms with Crippen LogP contribution < -0.4 is 5.32 Å². The highest BCUT2D eigenvalue weighted by Gasteiger charge is 2.17. The van der Waals surface area contributed by atoms with Crippen molar-refractivity contribution in [3.63, 3.8) is 0 Å². The van der Waals surface area contributed by atoms with E-state index in [-0.39, 0.29) is 5.82 Å². The zero-order valence-electron chi connectivity index (χ0n) is 12.7. The minimum atomic E-state index is -0.126. The van der Waals surface area contributed by atoms with Crippen molar-refractivity contribution in [1.82, 2.24) is 5.32 Å². The van der Waals surface area contributed by atoms with Crippen LogP contribution in [-0.4, -0.2) is 12.6 Å². The molecule has 0 bridgehead atoms. The van der Waals surface area contributed by atoms with E-state index in [1.165, 1.54) is 51.0 Å². The Morgan fingerprint density at radius 3 is 2.90 bits per heavy atom. The van der Waals surface area contributed by atoms with Crippen molar-refractivity contribution in [2.24, 2.45) is 5.92 Å². The standard InChI is InChI=1S/C18H28FN/c1-2-5-15-6-4-9-18(11-10-15)20-13-12-16-7-3-8-17(19)14-16/h3,7-8,14-15,18,20H,2,4-6,9-13H2,1H3. The predicted molar refractivity (Wildman–Crippen MR) is 83.4 cm³/mol. The third kappa shape index (κ3) is 5.24. The molecule has 0 aromatic heterocycles. The molecule has 0 amide bonds. The fourth-order valence-electron chi connectivity index (χ4n) is 3.39. The average Bonchev–Trinajstić information content (AvgIpc) is 2.65. The maximum Gasteiger partial charge on any atom is 0.123 e. The van der Waals surface area contributed by atoms with E-state index in [1.807, 2.05) is 6.07 Å². The van der Waals surface area contributed by atoms with Crippen LogP contribution in [0.25, 0.3) is 0 Å². The summed E-state index contributed by atoms with van der Waals surface area (Å²) in [5, 5.41) is 3.67. The van der Waals surface area contributed by atoms with Gasteiger partial charge in [-0.2, -0.15) is 0 Å². The molecule has 112 valence electrons. The molecule has 0 heterocycles. The van der Waals surface area contributed by atoms with Crippen LogP contribution in [0.2, 0.25) is 0 Å². The first-order valence-electron chi connectivity index (χ1n) is 8.25. The van der Waals surface area contributed by atoms with E-state index < -0.39 is 0 Å². The van der Waals surface area contributed by atoms with Crippen molar-refractivity contribution in [2.75, 3.05) is 6.54 Å². The van der Waals surface area contributed by atoms with Crippen LogP contribution in [-0.2, 0) is 6.42 Å². The molecule has 1 aliphatic carbocycles. The third-order valence-electron chi connectivity index (χ3n) is 4.52. The Morgan fingerprint density at radius 1 is 1.20 bits per heavy atom. The summed E-state index contributed by atoms with van der Waals surface area (Å²) in [4.78, 5) is 0. The summed E-state index contributed by atoms with van der Waals surface area (Å²) >= 11 is 0. The van der Waals surface area contributed by atoms with Gasteiger partial charge in [0.1, 0.15) is 5.82 Å². The number of hydrogen-bond donors (Lipinski definition) is 1. The van der Waals surface area contributed by atoms with Gasteiger partial charge in [-0.15, -0.1) is 0 Å². The quantitative estimate of drug-likeness (QED) is 0.743. The van der Waals surface area contributed by atoms with Gasteiger partial charge in [-0.3, -0.25) is 0 Å². The lowest BCUT2D eigenvalue weighted by Crippen LogP contribution is -2.30. The maximum atomic E-state index is 13.1. The normalized spacial score (nSPS) is 23.5. The van der Waals surface area contributed by atoms with Crippen molar-refractivity contribution >= 4 is 0 Å². The topological polar surface area (TPSA) is 12.0 Å².